The summed E-state index contributed by atoms with van der Waals surface area (Å²) >= 11 is 0. The third kappa shape index (κ3) is 7.20. The van der Waals surface area contributed by atoms with Crippen molar-refractivity contribution < 1.29 is 29.0 Å². The first-order chi connectivity index (χ1) is 16.6. The molecular weight excluding hydrogens is 455 g/mol. The summed E-state index contributed by atoms with van der Waals surface area (Å²) in [4.78, 5) is 38.0. The van der Waals surface area contributed by atoms with E-state index in [1.165, 1.54) is 12.1 Å². The Bertz CT molecular complexity index is 1190. The lowest BCUT2D eigenvalue weighted by Gasteiger charge is -2.24. The van der Waals surface area contributed by atoms with Crippen molar-refractivity contribution in [2.45, 2.75) is 38.8 Å². The molecule has 2 atom stereocenters. The topological polar surface area (TPSA) is 144 Å². The SMILES string of the molecule is CC(C)C(CCC(CNC(=O)c1cc2cc(-c3ccc(F)cc3)ccc2[nH]1)NC(=O)O)NC(=O)O. The zero-order chi connectivity index (χ0) is 25.5. The molecule has 0 saturated carbocycles. The maximum Gasteiger partial charge on any atom is 0.404 e. The highest BCUT2D eigenvalue weighted by atomic mass is 19.1. The average molecular weight is 485 g/mol. The Kier molecular flexibility index (Phi) is 8.30. The number of amides is 3. The van der Waals surface area contributed by atoms with Crippen molar-refractivity contribution in [3.05, 3.63) is 60.0 Å². The molecule has 0 saturated heterocycles. The minimum atomic E-state index is -1.23. The van der Waals surface area contributed by atoms with Crippen LogP contribution >= 0.6 is 0 Å². The summed E-state index contributed by atoms with van der Waals surface area (Å²) in [5.41, 5.74) is 2.79. The molecule has 6 N–H and O–H groups in total. The monoisotopic (exact) mass is 484 g/mol. The molecule has 0 radical (unpaired) electrons. The van der Waals surface area contributed by atoms with Gasteiger partial charge < -0.3 is 31.1 Å². The number of rotatable bonds is 10. The zero-order valence-corrected chi connectivity index (χ0v) is 19.5. The summed E-state index contributed by atoms with van der Waals surface area (Å²) < 4.78 is 13.2. The summed E-state index contributed by atoms with van der Waals surface area (Å²) in [6.07, 6.45) is -1.62. The number of nitrogens with one attached hydrogen (secondary N) is 4. The van der Waals surface area contributed by atoms with E-state index in [0.29, 0.717) is 18.5 Å². The fourth-order valence-corrected chi connectivity index (χ4v) is 3.90. The van der Waals surface area contributed by atoms with Crippen LogP contribution in [0.2, 0.25) is 0 Å². The molecule has 1 aromatic heterocycles. The van der Waals surface area contributed by atoms with E-state index in [1.807, 2.05) is 32.0 Å². The van der Waals surface area contributed by atoms with Crippen LogP contribution in [-0.4, -0.2) is 51.9 Å². The molecule has 0 aliphatic heterocycles. The van der Waals surface area contributed by atoms with Crippen LogP contribution < -0.4 is 16.0 Å². The summed E-state index contributed by atoms with van der Waals surface area (Å²) in [7, 11) is 0. The highest BCUT2D eigenvalue weighted by molar-refractivity contribution is 5.99. The number of halogens is 1. The molecule has 0 spiro atoms. The second kappa shape index (κ2) is 11.4. The summed E-state index contributed by atoms with van der Waals surface area (Å²) in [6, 6.07) is 12.5. The van der Waals surface area contributed by atoms with E-state index < -0.39 is 24.1 Å². The van der Waals surface area contributed by atoms with Gasteiger partial charge in [0, 0.05) is 29.5 Å². The fraction of sp³-hybridized carbons (Fsp3) is 0.320. The summed E-state index contributed by atoms with van der Waals surface area (Å²) in [5.74, 6) is -0.688. The number of hydrogen-bond acceptors (Lipinski definition) is 3. The van der Waals surface area contributed by atoms with Crippen molar-refractivity contribution in [1.82, 2.24) is 20.9 Å². The van der Waals surface area contributed by atoms with Crippen molar-refractivity contribution in [2.75, 3.05) is 6.54 Å². The van der Waals surface area contributed by atoms with Gasteiger partial charge in [-0.1, -0.05) is 32.0 Å². The van der Waals surface area contributed by atoms with Gasteiger partial charge in [-0.05, 0) is 60.2 Å². The molecule has 0 bridgehead atoms. The highest BCUT2D eigenvalue weighted by Crippen LogP contribution is 2.25. The van der Waals surface area contributed by atoms with Gasteiger partial charge in [-0.3, -0.25) is 4.79 Å². The number of aromatic amines is 1. The first-order valence-electron chi connectivity index (χ1n) is 11.3. The maximum absolute atomic E-state index is 13.2. The number of hydrogen-bond donors (Lipinski definition) is 6. The number of aromatic nitrogens is 1. The Hall–Kier alpha value is -4.08. The molecule has 3 rings (SSSR count). The van der Waals surface area contributed by atoms with Gasteiger partial charge in [-0.2, -0.15) is 0 Å². The Morgan fingerprint density at radius 3 is 2.20 bits per heavy atom. The molecule has 186 valence electrons. The van der Waals surface area contributed by atoms with E-state index in [0.717, 1.165) is 22.0 Å². The van der Waals surface area contributed by atoms with Gasteiger partial charge in [0.15, 0.2) is 0 Å². The van der Waals surface area contributed by atoms with Gasteiger partial charge in [0.25, 0.3) is 5.91 Å². The Labute approximate surface area is 201 Å². The fourth-order valence-electron chi connectivity index (χ4n) is 3.90. The Morgan fingerprint density at radius 2 is 1.57 bits per heavy atom. The van der Waals surface area contributed by atoms with E-state index in [4.69, 9.17) is 10.2 Å². The van der Waals surface area contributed by atoms with Gasteiger partial charge in [0.2, 0.25) is 0 Å². The molecule has 0 aliphatic rings. The Balaban J connectivity index is 1.66. The van der Waals surface area contributed by atoms with Crippen molar-refractivity contribution in [2.24, 2.45) is 5.92 Å². The first-order valence-corrected chi connectivity index (χ1v) is 11.3. The van der Waals surface area contributed by atoms with E-state index in [-0.39, 0.29) is 24.3 Å². The molecule has 9 nitrogen and oxygen atoms in total. The third-order valence-electron chi connectivity index (χ3n) is 5.82. The summed E-state index contributed by atoms with van der Waals surface area (Å²) in [6.45, 7) is 3.79. The van der Waals surface area contributed by atoms with Crippen LogP contribution in [0.15, 0.2) is 48.5 Å². The lowest BCUT2D eigenvalue weighted by molar-refractivity contribution is 0.0943. The number of carbonyl (C=O) groups excluding carboxylic acids is 1. The van der Waals surface area contributed by atoms with E-state index in [2.05, 4.69) is 20.9 Å². The molecule has 0 fully saturated rings. The van der Waals surface area contributed by atoms with Crippen LogP contribution in [0.5, 0.6) is 0 Å². The van der Waals surface area contributed by atoms with E-state index >= 15 is 0 Å². The lowest BCUT2D eigenvalue weighted by atomic mass is 9.97. The van der Waals surface area contributed by atoms with Crippen LogP contribution in [0.25, 0.3) is 22.0 Å². The van der Waals surface area contributed by atoms with Crippen molar-refractivity contribution in [3.63, 3.8) is 0 Å². The predicted molar refractivity (Wildman–Crippen MR) is 130 cm³/mol. The average Bonchev–Trinajstić information content (AvgIpc) is 3.23. The van der Waals surface area contributed by atoms with Crippen LogP contribution in [-0.2, 0) is 0 Å². The molecule has 3 amide bonds. The van der Waals surface area contributed by atoms with Gasteiger partial charge in [0.1, 0.15) is 11.5 Å². The van der Waals surface area contributed by atoms with Crippen LogP contribution in [0.4, 0.5) is 14.0 Å². The van der Waals surface area contributed by atoms with Crippen LogP contribution in [0.3, 0.4) is 0 Å². The normalized spacial score (nSPS) is 12.8. The number of H-pyrrole nitrogens is 1. The van der Waals surface area contributed by atoms with Crippen molar-refractivity contribution >= 4 is 29.0 Å². The van der Waals surface area contributed by atoms with Gasteiger partial charge in [-0.25, -0.2) is 14.0 Å². The number of carbonyl (C=O) groups is 3. The first kappa shape index (κ1) is 25.5. The molecular formula is C25H29FN4O5. The number of carboxylic acid groups (broad SMARTS) is 2. The molecule has 35 heavy (non-hydrogen) atoms. The molecule has 2 unspecified atom stereocenters. The van der Waals surface area contributed by atoms with Gasteiger partial charge in [-0.15, -0.1) is 0 Å². The second-order valence-electron chi connectivity index (χ2n) is 8.73. The number of fused-ring (bicyclic) bond motifs is 1. The lowest BCUT2D eigenvalue weighted by Crippen LogP contribution is -2.45. The zero-order valence-electron chi connectivity index (χ0n) is 19.5. The van der Waals surface area contributed by atoms with Crippen molar-refractivity contribution in [3.8, 4) is 11.1 Å². The third-order valence-corrected chi connectivity index (χ3v) is 5.82. The molecule has 1 heterocycles. The molecule has 3 aromatic rings. The van der Waals surface area contributed by atoms with Crippen LogP contribution in [0.1, 0.15) is 37.2 Å². The Morgan fingerprint density at radius 1 is 0.914 bits per heavy atom. The molecule has 10 heteroatoms. The minimum Gasteiger partial charge on any atom is -0.465 e. The van der Waals surface area contributed by atoms with Gasteiger partial charge in [0.05, 0.1) is 0 Å². The second-order valence-corrected chi connectivity index (χ2v) is 8.73. The smallest absolute Gasteiger partial charge is 0.404 e. The summed E-state index contributed by atoms with van der Waals surface area (Å²) in [5, 5.41) is 26.5. The van der Waals surface area contributed by atoms with E-state index in [1.54, 1.807) is 18.2 Å². The molecule has 2 aromatic carbocycles. The molecule has 0 aliphatic carbocycles. The highest BCUT2D eigenvalue weighted by Gasteiger charge is 2.20. The minimum absolute atomic E-state index is 0.0253. The van der Waals surface area contributed by atoms with Gasteiger partial charge >= 0.3 is 12.2 Å². The standard InChI is InChI=1S/C25H29FN4O5/c1-14(2)20(30-25(34)35)10-8-19(28-24(32)33)13-27-23(31)22-12-17-11-16(5-9-21(17)29-22)15-3-6-18(26)7-4-15/h3-7,9,11-12,14,19-20,28-30H,8,10,13H2,1-2H3,(H,27,31)(H,32,33)(H,34,35). The predicted octanol–water partition coefficient (Wildman–Crippen LogP) is 4.41. The van der Waals surface area contributed by atoms with Crippen LogP contribution in [0, 0.1) is 11.7 Å². The quantitative estimate of drug-likeness (QED) is 0.253. The number of benzene rings is 2. The maximum atomic E-state index is 13.2. The van der Waals surface area contributed by atoms with Crippen molar-refractivity contribution in [1.29, 1.82) is 0 Å². The largest absolute Gasteiger partial charge is 0.465 e. The van der Waals surface area contributed by atoms with E-state index in [9.17, 15) is 18.8 Å².